The summed E-state index contributed by atoms with van der Waals surface area (Å²) in [6, 6.07) is 22.8. The van der Waals surface area contributed by atoms with Crippen molar-refractivity contribution in [3.8, 4) is 0 Å². The highest BCUT2D eigenvalue weighted by Gasteiger charge is 2.40. The van der Waals surface area contributed by atoms with Crippen LogP contribution in [0.25, 0.3) is 0 Å². The summed E-state index contributed by atoms with van der Waals surface area (Å²) in [5, 5.41) is 15.2. The number of nitrogens with one attached hydrogen (secondary N) is 1. The van der Waals surface area contributed by atoms with Crippen LogP contribution in [0.2, 0.25) is 0 Å². The van der Waals surface area contributed by atoms with Gasteiger partial charge in [-0.25, -0.2) is 4.79 Å². The molecule has 1 amide bonds. The number of rotatable bonds is 19. The Morgan fingerprint density at radius 2 is 1.19 bits per heavy atom. The van der Waals surface area contributed by atoms with Gasteiger partial charge in [0.05, 0.1) is 36.0 Å². The molecule has 4 aromatic heterocycles. The molecule has 1 aliphatic carbocycles. The highest BCUT2D eigenvalue weighted by molar-refractivity contribution is 5.84. The number of aliphatic hydroxyl groups excluding tert-OH is 1. The van der Waals surface area contributed by atoms with Crippen molar-refractivity contribution in [1.82, 2.24) is 35.1 Å². The van der Waals surface area contributed by atoms with Gasteiger partial charge in [-0.15, -0.1) is 0 Å². The number of methoxy groups -OCH3 is 1. The minimum absolute atomic E-state index is 0.0235. The van der Waals surface area contributed by atoms with Crippen LogP contribution < -0.4 is 11.1 Å². The number of hydrogen-bond acceptors (Lipinski definition) is 11. The smallest absolute Gasteiger partial charge is 0.328 e. The number of amides is 1. The zero-order chi connectivity index (χ0) is 36.5. The zero-order valence-electron chi connectivity index (χ0n) is 30.0. The number of ether oxygens (including phenoxy) is 1. The number of aromatic nitrogens is 4. The third kappa shape index (κ3) is 12.3. The predicted octanol–water partition coefficient (Wildman–Crippen LogP) is 3.76. The molecule has 0 spiro atoms. The Hall–Kier alpha value is -4.62. The first-order valence-corrected chi connectivity index (χ1v) is 18.2. The largest absolute Gasteiger partial charge is 0.467 e. The molecule has 5 rings (SSSR count). The summed E-state index contributed by atoms with van der Waals surface area (Å²) in [6.07, 6.45) is 9.07. The van der Waals surface area contributed by atoms with Crippen molar-refractivity contribution in [3.63, 3.8) is 0 Å². The lowest BCUT2D eigenvalue weighted by molar-refractivity contribution is -0.146. The van der Waals surface area contributed by atoms with Crippen LogP contribution in [-0.2, 0) is 40.5 Å². The fourth-order valence-electron chi connectivity index (χ4n) is 7.31. The Balaban J connectivity index is 1.42. The number of nitrogens with zero attached hydrogens (tertiary/aromatic N) is 6. The second-order valence-corrected chi connectivity index (χ2v) is 13.7. The molecular formula is C40H52N8O4. The van der Waals surface area contributed by atoms with E-state index in [0.717, 1.165) is 22.8 Å². The molecular weight excluding hydrogens is 656 g/mol. The maximum atomic E-state index is 13.0. The Kier molecular flexibility index (Phi) is 15.2. The molecule has 0 radical (unpaired) electrons. The first-order valence-electron chi connectivity index (χ1n) is 18.2. The van der Waals surface area contributed by atoms with E-state index in [9.17, 15) is 14.7 Å². The van der Waals surface area contributed by atoms with Crippen molar-refractivity contribution >= 4 is 11.9 Å². The van der Waals surface area contributed by atoms with E-state index in [4.69, 9.17) is 10.5 Å². The van der Waals surface area contributed by atoms with E-state index < -0.39 is 18.1 Å². The summed E-state index contributed by atoms with van der Waals surface area (Å²) in [4.78, 5) is 48.8. The maximum Gasteiger partial charge on any atom is 0.328 e. The summed E-state index contributed by atoms with van der Waals surface area (Å²) < 4.78 is 5.16. The lowest BCUT2D eigenvalue weighted by atomic mass is 9.70. The molecule has 0 aliphatic heterocycles. The lowest BCUT2D eigenvalue weighted by Gasteiger charge is -2.43. The van der Waals surface area contributed by atoms with Crippen molar-refractivity contribution in [3.05, 3.63) is 120 Å². The third-order valence-electron chi connectivity index (χ3n) is 9.67. The van der Waals surface area contributed by atoms with Crippen molar-refractivity contribution in [1.29, 1.82) is 0 Å². The number of aliphatic hydroxyl groups is 1. The van der Waals surface area contributed by atoms with Crippen LogP contribution in [0.5, 0.6) is 0 Å². The average Bonchev–Trinajstić information content (AvgIpc) is 3.16. The quantitative estimate of drug-likeness (QED) is 0.122. The Morgan fingerprint density at radius 1 is 0.769 bits per heavy atom. The van der Waals surface area contributed by atoms with E-state index in [1.807, 2.05) is 72.8 Å². The van der Waals surface area contributed by atoms with Gasteiger partial charge in [-0.2, -0.15) is 0 Å². The molecule has 1 fully saturated rings. The first kappa shape index (κ1) is 38.6. The molecule has 0 saturated heterocycles. The fraction of sp³-hybridized carbons (Fsp3) is 0.450. The monoisotopic (exact) mass is 708 g/mol. The highest BCUT2D eigenvalue weighted by atomic mass is 16.5. The highest BCUT2D eigenvalue weighted by Crippen LogP contribution is 2.38. The summed E-state index contributed by atoms with van der Waals surface area (Å²) >= 11 is 0. The van der Waals surface area contributed by atoms with Crippen molar-refractivity contribution in [2.24, 2.45) is 23.5 Å². The molecule has 0 bridgehead atoms. The van der Waals surface area contributed by atoms with Crippen molar-refractivity contribution in [2.75, 3.05) is 26.7 Å². The van der Waals surface area contributed by atoms with E-state index in [2.05, 4.69) is 35.1 Å². The lowest BCUT2D eigenvalue weighted by Crippen LogP contribution is -2.49. The summed E-state index contributed by atoms with van der Waals surface area (Å²) in [5.41, 5.74) is 9.36. The molecule has 1 aliphatic rings. The van der Waals surface area contributed by atoms with Gasteiger partial charge in [-0.05, 0) is 98.5 Å². The van der Waals surface area contributed by atoms with Gasteiger partial charge in [-0.1, -0.05) is 24.3 Å². The first-order chi connectivity index (χ1) is 25.4. The van der Waals surface area contributed by atoms with Gasteiger partial charge in [-0.3, -0.25) is 34.5 Å². The average molecular weight is 709 g/mol. The van der Waals surface area contributed by atoms with E-state index in [-0.39, 0.29) is 30.1 Å². The molecule has 4 aromatic rings. The minimum Gasteiger partial charge on any atom is -0.467 e. The molecule has 1 saturated carbocycles. The second-order valence-electron chi connectivity index (χ2n) is 13.7. The van der Waals surface area contributed by atoms with Crippen LogP contribution in [0.1, 0.15) is 54.9 Å². The fourth-order valence-corrected chi connectivity index (χ4v) is 7.31. The Bertz CT molecular complexity index is 1440. The third-order valence-corrected chi connectivity index (χ3v) is 9.67. The van der Waals surface area contributed by atoms with E-state index in [0.29, 0.717) is 71.5 Å². The molecule has 3 unspecified atom stereocenters. The van der Waals surface area contributed by atoms with Gasteiger partial charge < -0.3 is 20.9 Å². The van der Waals surface area contributed by atoms with Crippen LogP contribution in [0.3, 0.4) is 0 Å². The van der Waals surface area contributed by atoms with Crippen LogP contribution in [0, 0.1) is 17.8 Å². The number of esters is 1. The molecule has 4 N–H and O–H groups in total. The van der Waals surface area contributed by atoms with E-state index in [1.54, 1.807) is 24.8 Å². The standard InChI is InChI=1S/C40H52N8O4/c1-52-40(51)37(46-38(49)15-10-16-41)23-30-21-31(24-47(26-33-11-2-6-17-42-33)27-34-12-3-7-18-43-34)39(50)32(22-30)25-48(28-35-13-4-8-19-44-35)29-36-14-5-9-20-45-36/h2-9,11-14,17-20,30-32,37,39,50H,10,15-16,21-29,41H2,1H3,(H,46,49). The molecule has 3 atom stereocenters. The summed E-state index contributed by atoms with van der Waals surface area (Å²) in [5.74, 6) is -0.934. The van der Waals surface area contributed by atoms with E-state index >= 15 is 0 Å². The molecule has 12 nitrogen and oxygen atoms in total. The Labute approximate surface area is 306 Å². The summed E-state index contributed by atoms with van der Waals surface area (Å²) in [6.45, 7) is 3.92. The van der Waals surface area contributed by atoms with Gasteiger partial charge in [0.1, 0.15) is 6.04 Å². The molecule has 0 aromatic carbocycles. The minimum atomic E-state index is -0.798. The SMILES string of the molecule is COC(=O)C(CC1CC(CN(Cc2ccccn2)Cc2ccccn2)C(O)C(CN(Cc2ccccn2)Cc2ccccn2)C1)NC(=O)CCCN. The van der Waals surface area contributed by atoms with Crippen LogP contribution >= 0.6 is 0 Å². The van der Waals surface area contributed by atoms with Gasteiger partial charge in [0, 0.05) is 70.5 Å². The molecule has 4 heterocycles. The normalized spacial score (nSPS) is 19.3. The number of hydrogen-bond donors (Lipinski definition) is 3. The number of nitrogens with two attached hydrogens (primary N) is 1. The van der Waals surface area contributed by atoms with Crippen LogP contribution in [0.15, 0.2) is 97.6 Å². The zero-order valence-corrected chi connectivity index (χ0v) is 30.0. The predicted molar refractivity (Wildman–Crippen MR) is 198 cm³/mol. The number of pyridine rings is 4. The maximum absolute atomic E-state index is 13.0. The topological polar surface area (TPSA) is 160 Å². The van der Waals surface area contributed by atoms with Crippen molar-refractivity contribution in [2.45, 2.75) is 70.4 Å². The van der Waals surface area contributed by atoms with Crippen molar-refractivity contribution < 1.29 is 19.4 Å². The van der Waals surface area contributed by atoms with Gasteiger partial charge >= 0.3 is 5.97 Å². The van der Waals surface area contributed by atoms with E-state index in [1.165, 1.54) is 7.11 Å². The molecule has 276 valence electrons. The molecule has 12 heteroatoms. The number of carbonyl (C=O) groups is 2. The van der Waals surface area contributed by atoms with Crippen LogP contribution in [-0.4, -0.2) is 85.6 Å². The Morgan fingerprint density at radius 3 is 1.54 bits per heavy atom. The van der Waals surface area contributed by atoms with Gasteiger partial charge in [0.2, 0.25) is 5.91 Å². The second kappa shape index (κ2) is 20.4. The van der Waals surface area contributed by atoms with Crippen LogP contribution in [0.4, 0.5) is 0 Å². The van der Waals surface area contributed by atoms with Gasteiger partial charge in [0.15, 0.2) is 0 Å². The number of carbonyl (C=O) groups excluding carboxylic acids is 2. The van der Waals surface area contributed by atoms with Gasteiger partial charge in [0.25, 0.3) is 0 Å². The molecule has 52 heavy (non-hydrogen) atoms. The summed E-state index contributed by atoms with van der Waals surface area (Å²) in [7, 11) is 1.35.